The van der Waals surface area contributed by atoms with E-state index >= 15 is 0 Å². The Morgan fingerprint density at radius 1 is 1.43 bits per heavy atom. The minimum Gasteiger partial charge on any atom is -0.346 e. The fourth-order valence-corrected chi connectivity index (χ4v) is 2.69. The summed E-state index contributed by atoms with van der Waals surface area (Å²) in [5, 5.41) is 9.91. The third kappa shape index (κ3) is 3.23. The molecule has 1 aliphatic rings. The molecule has 0 aromatic carbocycles. The van der Waals surface area contributed by atoms with Crippen molar-refractivity contribution < 1.29 is 9.59 Å². The van der Waals surface area contributed by atoms with Gasteiger partial charge < -0.3 is 10.2 Å². The summed E-state index contributed by atoms with van der Waals surface area (Å²) in [6.45, 7) is 3.34. The molecule has 0 atom stereocenters. The van der Waals surface area contributed by atoms with Crippen molar-refractivity contribution in [1.82, 2.24) is 25.4 Å². The number of aromatic amines is 1. The molecule has 2 amide bonds. The van der Waals surface area contributed by atoms with Gasteiger partial charge >= 0.3 is 0 Å². The summed E-state index contributed by atoms with van der Waals surface area (Å²) < 4.78 is 0. The molecule has 0 radical (unpaired) electrons. The molecule has 0 unspecified atom stereocenters. The van der Waals surface area contributed by atoms with Crippen LogP contribution in [-0.2, 0) is 24.3 Å². The molecule has 0 saturated carbocycles. The predicted octanol–water partition coefficient (Wildman–Crippen LogP) is 1.03. The molecule has 7 nitrogen and oxygen atoms in total. The lowest BCUT2D eigenvalue weighted by Crippen LogP contribution is -2.36. The van der Waals surface area contributed by atoms with Gasteiger partial charge in [-0.05, 0) is 11.6 Å². The molecule has 3 rings (SSSR count). The summed E-state index contributed by atoms with van der Waals surface area (Å²) in [6.07, 6.45) is 4.57. The van der Waals surface area contributed by atoms with Gasteiger partial charge in [0.15, 0.2) is 5.69 Å². The van der Waals surface area contributed by atoms with Crippen molar-refractivity contribution in [2.24, 2.45) is 0 Å². The van der Waals surface area contributed by atoms with Crippen LogP contribution in [0.3, 0.4) is 0 Å². The fourth-order valence-electron chi connectivity index (χ4n) is 2.69. The smallest absolute Gasteiger partial charge is 0.272 e. The standard InChI is InChI=1S/C16H19N5O2/c1-2-14(22)21-7-5-13-12(10-21)15(20-19-13)16(23)18-9-11-4-3-6-17-8-11/h3-4,6,8H,2,5,7,9-10H2,1H3,(H,18,23)(H,19,20). The monoisotopic (exact) mass is 313 g/mol. The highest BCUT2D eigenvalue weighted by molar-refractivity contribution is 5.94. The van der Waals surface area contributed by atoms with Crippen molar-refractivity contribution in [2.75, 3.05) is 6.54 Å². The van der Waals surface area contributed by atoms with Gasteiger partial charge in [-0.25, -0.2) is 0 Å². The fraction of sp³-hybridized carbons (Fsp3) is 0.375. The summed E-state index contributed by atoms with van der Waals surface area (Å²) in [5.41, 5.74) is 3.06. The van der Waals surface area contributed by atoms with Gasteiger partial charge in [-0.1, -0.05) is 13.0 Å². The van der Waals surface area contributed by atoms with Gasteiger partial charge in [0.25, 0.3) is 5.91 Å². The van der Waals surface area contributed by atoms with E-state index in [0.29, 0.717) is 38.2 Å². The first-order valence-corrected chi connectivity index (χ1v) is 7.70. The van der Waals surface area contributed by atoms with Crippen LogP contribution in [0.1, 0.15) is 40.7 Å². The normalized spacial score (nSPS) is 13.5. The Hall–Kier alpha value is -2.70. The van der Waals surface area contributed by atoms with Crippen LogP contribution in [0.4, 0.5) is 0 Å². The number of nitrogens with one attached hydrogen (secondary N) is 2. The highest BCUT2D eigenvalue weighted by atomic mass is 16.2. The Bertz CT molecular complexity index is 711. The zero-order chi connectivity index (χ0) is 16.2. The first kappa shape index (κ1) is 15.2. The number of fused-ring (bicyclic) bond motifs is 1. The second-order valence-electron chi connectivity index (χ2n) is 5.49. The van der Waals surface area contributed by atoms with Gasteiger partial charge in [-0.15, -0.1) is 0 Å². The van der Waals surface area contributed by atoms with Crippen LogP contribution in [0.15, 0.2) is 24.5 Å². The Balaban J connectivity index is 1.70. The van der Waals surface area contributed by atoms with E-state index in [-0.39, 0.29) is 11.8 Å². The van der Waals surface area contributed by atoms with E-state index in [1.54, 1.807) is 17.3 Å². The van der Waals surface area contributed by atoms with Crippen LogP contribution < -0.4 is 5.32 Å². The SMILES string of the molecule is CCC(=O)N1CCc2[nH]nc(C(=O)NCc3cccnc3)c2C1. The van der Waals surface area contributed by atoms with Crippen LogP contribution in [0.5, 0.6) is 0 Å². The molecule has 23 heavy (non-hydrogen) atoms. The van der Waals surface area contributed by atoms with Gasteiger partial charge in [-0.2, -0.15) is 5.10 Å². The lowest BCUT2D eigenvalue weighted by Gasteiger charge is -2.26. The topological polar surface area (TPSA) is 91.0 Å². The molecule has 0 spiro atoms. The molecule has 0 aliphatic carbocycles. The number of carbonyl (C=O) groups is 2. The molecule has 1 aliphatic heterocycles. The van der Waals surface area contributed by atoms with E-state index < -0.39 is 0 Å². The summed E-state index contributed by atoms with van der Waals surface area (Å²) >= 11 is 0. The molecule has 7 heteroatoms. The maximum absolute atomic E-state index is 12.4. The molecular weight excluding hydrogens is 294 g/mol. The molecule has 2 aromatic rings. The number of aromatic nitrogens is 3. The maximum atomic E-state index is 12.4. The van der Waals surface area contributed by atoms with Crippen molar-refractivity contribution in [2.45, 2.75) is 32.9 Å². The van der Waals surface area contributed by atoms with Crippen LogP contribution in [-0.4, -0.2) is 38.4 Å². The summed E-state index contributed by atoms with van der Waals surface area (Å²) in [4.78, 5) is 30.0. The van der Waals surface area contributed by atoms with Crippen molar-refractivity contribution in [1.29, 1.82) is 0 Å². The highest BCUT2D eigenvalue weighted by Crippen LogP contribution is 2.21. The lowest BCUT2D eigenvalue weighted by atomic mass is 10.0. The Labute approximate surface area is 134 Å². The summed E-state index contributed by atoms with van der Waals surface area (Å²) in [5.74, 6) is -0.143. The predicted molar refractivity (Wildman–Crippen MR) is 83.4 cm³/mol. The van der Waals surface area contributed by atoms with E-state index in [4.69, 9.17) is 0 Å². The zero-order valence-electron chi connectivity index (χ0n) is 13.0. The number of rotatable bonds is 4. The minimum atomic E-state index is -0.239. The zero-order valence-corrected chi connectivity index (χ0v) is 13.0. The van der Waals surface area contributed by atoms with Crippen LogP contribution in [0, 0.1) is 0 Å². The summed E-state index contributed by atoms with van der Waals surface area (Å²) in [7, 11) is 0. The third-order valence-corrected chi connectivity index (χ3v) is 3.98. The molecule has 2 aromatic heterocycles. The number of H-pyrrole nitrogens is 1. The third-order valence-electron chi connectivity index (χ3n) is 3.98. The van der Waals surface area contributed by atoms with Crippen LogP contribution >= 0.6 is 0 Å². The number of pyridine rings is 1. The summed E-state index contributed by atoms with van der Waals surface area (Å²) in [6, 6.07) is 3.72. The maximum Gasteiger partial charge on any atom is 0.272 e. The van der Waals surface area contributed by atoms with Gasteiger partial charge in [0.05, 0.1) is 0 Å². The van der Waals surface area contributed by atoms with Crippen LogP contribution in [0.2, 0.25) is 0 Å². The Morgan fingerprint density at radius 2 is 2.30 bits per heavy atom. The number of hydrogen-bond acceptors (Lipinski definition) is 4. The molecule has 2 N–H and O–H groups in total. The lowest BCUT2D eigenvalue weighted by molar-refractivity contribution is -0.131. The number of carbonyl (C=O) groups excluding carboxylic acids is 2. The van der Waals surface area contributed by atoms with E-state index in [1.165, 1.54) is 0 Å². The molecule has 3 heterocycles. The molecule has 0 bridgehead atoms. The molecule has 120 valence electrons. The van der Waals surface area contributed by atoms with Crippen LogP contribution in [0.25, 0.3) is 0 Å². The number of nitrogens with zero attached hydrogens (tertiary/aromatic N) is 3. The van der Waals surface area contributed by atoms with E-state index in [2.05, 4.69) is 20.5 Å². The second kappa shape index (κ2) is 6.60. The minimum absolute atomic E-state index is 0.0959. The van der Waals surface area contributed by atoms with Crippen molar-refractivity contribution >= 4 is 11.8 Å². The van der Waals surface area contributed by atoms with Gasteiger partial charge in [0.2, 0.25) is 5.91 Å². The van der Waals surface area contributed by atoms with Crippen molar-refractivity contribution in [3.05, 3.63) is 47.0 Å². The second-order valence-corrected chi connectivity index (χ2v) is 5.49. The van der Waals surface area contributed by atoms with Gasteiger partial charge in [0, 0.05) is 56.1 Å². The quantitative estimate of drug-likeness (QED) is 0.882. The van der Waals surface area contributed by atoms with Gasteiger partial charge in [0.1, 0.15) is 0 Å². The molecule has 0 fully saturated rings. The van der Waals surface area contributed by atoms with Gasteiger partial charge in [-0.3, -0.25) is 19.7 Å². The first-order valence-electron chi connectivity index (χ1n) is 7.70. The Morgan fingerprint density at radius 3 is 3.04 bits per heavy atom. The van der Waals surface area contributed by atoms with Crippen molar-refractivity contribution in [3.63, 3.8) is 0 Å². The Kier molecular flexibility index (Phi) is 4.36. The molecular formula is C16H19N5O2. The van der Waals surface area contributed by atoms with E-state index in [0.717, 1.165) is 16.8 Å². The number of hydrogen-bond donors (Lipinski definition) is 2. The number of amides is 2. The first-order chi connectivity index (χ1) is 11.2. The largest absolute Gasteiger partial charge is 0.346 e. The van der Waals surface area contributed by atoms with E-state index in [1.807, 2.05) is 19.1 Å². The van der Waals surface area contributed by atoms with E-state index in [9.17, 15) is 9.59 Å². The molecule has 0 saturated heterocycles. The average molecular weight is 313 g/mol. The highest BCUT2D eigenvalue weighted by Gasteiger charge is 2.26. The van der Waals surface area contributed by atoms with Crippen molar-refractivity contribution in [3.8, 4) is 0 Å². The average Bonchev–Trinajstić information content (AvgIpc) is 3.03.